The quantitative estimate of drug-likeness (QED) is 0.545. The van der Waals surface area contributed by atoms with E-state index in [0.717, 1.165) is 0 Å². The van der Waals surface area contributed by atoms with Crippen molar-refractivity contribution in [3.8, 4) is 0 Å². The van der Waals surface area contributed by atoms with Crippen LogP contribution in [-0.2, 0) is 4.74 Å². The summed E-state index contributed by atoms with van der Waals surface area (Å²) in [6.07, 6.45) is -0.433. The summed E-state index contributed by atoms with van der Waals surface area (Å²) in [7, 11) is 0. The normalized spacial score (nSPS) is 19.8. The standard InChI is InChI=1S/C7H13NO4/c9-2-6(8-7(10)11)1-5-3-12-4-5/h5-6,8-9H,1-4H2,(H,10,11). The third-order valence-corrected chi connectivity index (χ3v) is 1.87. The van der Waals surface area contributed by atoms with Crippen LogP contribution in [0.5, 0.6) is 0 Å². The average Bonchev–Trinajstić information content (AvgIpc) is 1.93. The maximum absolute atomic E-state index is 10.2. The zero-order valence-corrected chi connectivity index (χ0v) is 6.69. The van der Waals surface area contributed by atoms with Crippen molar-refractivity contribution in [1.29, 1.82) is 0 Å². The number of aliphatic hydroxyl groups is 1. The first-order valence-corrected chi connectivity index (χ1v) is 3.90. The van der Waals surface area contributed by atoms with Gasteiger partial charge < -0.3 is 20.3 Å². The van der Waals surface area contributed by atoms with Crippen LogP contribution in [0.15, 0.2) is 0 Å². The van der Waals surface area contributed by atoms with Crippen molar-refractivity contribution in [2.45, 2.75) is 12.5 Å². The molecule has 0 aliphatic carbocycles. The fraction of sp³-hybridized carbons (Fsp3) is 0.857. The van der Waals surface area contributed by atoms with Crippen LogP contribution in [0, 0.1) is 5.92 Å². The Labute approximate surface area is 70.3 Å². The van der Waals surface area contributed by atoms with E-state index in [2.05, 4.69) is 5.32 Å². The van der Waals surface area contributed by atoms with Crippen LogP contribution in [0.25, 0.3) is 0 Å². The van der Waals surface area contributed by atoms with Gasteiger partial charge in [-0.05, 0) is 6.42 Å². The van der Waals surface area contributed by atoms with E-state index in [-0.39, 0.29) is 12.6 Å². The highest BCUT2D eigenvalue weighted by atomic mass is 16.5. The van der Waals surface area contributed by atoms with Crippen LogP contribution in [-0.4, -0.2) is 42.2 Å². The number of hydrogen-bond donors (Lipinski definition) is 3. The van der Waals surface area contributed by atoms with Gasteiger partial charge in [0.2, 0.25) is 0 Å². The van der Waals surface area contributed by atoms with Crippen molar-refractivity contribution in [1.82, 2.24) is 5.32 Å². The first kappa shape index (κ1) is 9.28. The SMILES string of the molecule is O=C(O)NC(CO)CC1COC1. The van der Waals surface area contributed by atoms with Gasteiger partial charge in [0.05, 0.1) is 25.9 Å². The highest BCUT2D eigenvalue weighted by Gasteiger charge is 2.23. The number of carboxylic acid groups (broad SMARTS) is 1. The Morgan fingerprint density at radius 2 is 2.33 bits per heavy atom. The van der Waals surface area contributed by atoms with Gasteiger partial charge in [-0.3, -0.25) is 0 Å². The molecule has 0 aromatic heterocycles. The van der Waals surface area contributed by atoms with E-state index in [1.54, 1.807) is 0 Å². The molecule has 70 valence electrons. The van der Waals surface area contributed by atoms with Crippen LogP contribution < -0.4 is 5.32 Å². The molecule has 1 rings (SSSR count). The summed E-state index contributed by atoms with van der Waals surface area (Å²) < 4.78 is 4.93. The van der Waals surface area contributed by atoms with E-state index in [1.165, 1.54) is 0 Å². The summed E-state index contributed by atoms with van der Waals surface area (Å²) in [6.45, 7) is 1.21. The minimum atomic E-state index is -1.09. The maximum atomic E-state index is 10.2. The molecule has 1 fully saturated rings. The molecule has 1 unspecified atom stereocenters. The second-order valence-electron chi connectivity index (χ2n) is 2.97. The van der Waals surface area contributed by atoms with Gasteiger partial charge in [0.1, 0.15) is 0 Å². The van der Waals surface area contributed by atoms with Crippen LogP contribution in [0.2, 0.25) is 0 Å². The molecule has 0 aromatic rings. The Balaban J connectivity index is 2.19. The van der Waals surface area contributed by atoms with Crippen molar-refractivity contribution < 1.29 is 19.7 Å². The number of rotatable bonds is 4. The Hall–Kier alpha value is -0.810. The molecule has 5 heteroatoms. The lowest BCUT2D eigenvalue weighted by Gasteiger charge is -2.28. The Morgan fingerprint density at radius 3 is 2.67 bits per heavy atom. The summed E-state index contributed by atoms with van der Waals surface area (Å²) >= 11 is 0. The van der Waals surface area contributed by atoms with Crippen LogP contribution in [0.1, 0.15) is 6.42 Å². The molecular formula is C7H13NO4. The molecule has 1 aliphatic heterocycles. The third kappa shape index (κ3) is 2.67. The monoisotopic (exact) mass is 175 g/mol. The highest BCUT2D eigenvalue weighted by Crippen LogP contribution is 2.16. The van der Waals surface area contributed by atoms with Gasteiger partial charge in [0, 0.05) is 5.92 Å². The molecule has 1 atom stereocenters. The van der Waals surface area contributed by atoms with Gasteiger partial charge in [0.25, 0.3) is 0 Å². The molecule has 1 saturated heterocycles. The highest BCUT2D eigenvalue weighted by molar-refractivity contribution is 5.64. The summed E-state index contributed by atoms with van der Waals surface area (Å²) in [5.74, 6) is 0.397. The van der Waals surface area contributed by atoms with E-state index in [0.29, 0.717) is 25.6 Å². The largest absolute Gasteiger partial charge is 0.465 e. The Kier molecular flexibility index (Phi) is 3.31. The maximum Gasteiger partial charge on any atom is 0.404 e. The second-order valence-corrected chi connectivity index (χ2v) is 2.97. The topological polar surface area (TPSA) is 78.8 Å². The van der Waals surface area contributed by atoms with Gasteiger partial charge >= 0.3 is 6.09 Å². The summed E-state index contributed by atoms with van der Waals surface area (Å²) in [5, 5.41) is 19.4. The zero-order valence-electron chi connectivity index (χ0n) is 6.69. The number of ether oxygens (including phenoxy) is 1. The van der Waals surface area contributed by atoms with Gasteiger partial charge in [-0.2, -0.15) is 0 Å². The fourth-order valence-corrected chi connectivity index (χ4v) is 1.18. The molecule has 5 nitrogen and oxygen atoms in total. The zero-order chi connectivity index (χ0) is 8.97. The van der Waals surface area contributed by atoms with Gasteiger partial charge in [-0.25, -0.2) is 4.79 Å². The van der Waals surface area contributed by atoms with E-state index < -0.39 is 6.09 Å². The number of carbonyl (C=O) groups is 1. The lowest BCUT2D eigenvalue weighted by Crippen LogP contribution is -2.41. The second kappa shape index (κ2) is 4.27. The molecule has 1 amide bonds. The molecule has 0 bridgehead atoms. The van der Waals surface area contributed by atoms with E-state index in [9.17, 15) is 4.79 Å². The minimum absolute atomic E-state index is 0.150. The Morgan fingerprint density at radius 1 is 1.67 bits per heavy atom. The van der Waals surface area contributed by atoms with Gasteiger partial charge in [0.15, 0.2) is 0 Å². The lowest BCUT2D eigenvalue weighted by molar-refractivity contribution is -0.0416. The molecule has 1 heterocycles. The van der Waals surface area contributed by atoms with Crippen LogP contribution >= 0.6 is 0 Å². The van der Waals surface area contributed by atoms with Crippen molar-refractivity contribution in [3.63, 3.8) is 0 Å². The third-order valence-electron chi connectivity index (χ3n) is 1.87. The summed E-state index contributed by atoms with van der Waals surface area (Å²) in [4.78, 5) is 10.2. The van der Waals surface area contributed by atoms with E-state index in [1.807, 2.05) is 0 Å². The predicted octanol–water partition coefficient (Wildman–Crippen LogP) is -0.349. The Bertz CT molecular complexity index is 157. The molecule has 1 aliphatic rings. The first-order chi connectivity index (χ1) is 5.72. The number of aliphatic hydroxyl groups excluding tert-OH is 1. The van der Waals surface area contributed by atoms with Crippen molar-refractivity contribution in [3.05, 3.63) is 0 Å². The molecule has 0 radical (unpaired) electrons. The first-order valence-electron chi connectivity index (χ1n) is 3.90. The van der Waals surface area contributed by atoms with Gasteiger partial charge in [-0.15, -0.1) is 0 Å². The number of hydrogen-bond acceptors (Lipinski definition) is 3. The van der Waals surface area contributed by atoms with E-state index >= 15 is 0 Å². The molecule has 0 aromatic carbocycles. The molecule has 12 heavy (non-hydrogen) atoms. The summed E-state index contributed by atoms with van der Waals surface area (Å²) in [6, 6.07) is -0.351. The molecule has 0 saturated carbocycles. The van der Waals surface area contributed by atoms with E-state index in [4.69, 9.17) is 14.9 Å². The minimum Gasteiger partial charge on any atom is -0.465 e. The van der Waals surface area contributed by atoms with Crippen LogP contribution in [0.3, 0.4) is 0 Å². The fourth-order valence-electron chi connectivity index (χ4n) is 1.18. The van der Waals surface area contributed by atoms with Crippen molar-refractivity contribution >= 4 is 6.09 Å². The molecule has 0 spiro atoms. The van der Waals surface area contributed by atoms with Crippen LogP contribution in [0.4, 0.5) is 4.79 Å². The lowest BCUT2D eigenvalue weighted by atomic mass is 9.99. The smallest absolute Gasteiger partial charge is 0.404 e. The number of nitrogens with one attached hydrogen (secondary N) is 1. The summed E-state index contributed by atoms with van der Waals surface area (Å²) in [5.41, 5.74) is 0. The number of amides is 1. The van der Waals surface area contributed by atoms with Gasteiger partial charge in [-0.1, -0.05) is 0 Å². The average molecular weight is 175 g/mol. The molecular weight excluding hydrogens is 162 g/mol. The molecule has 3 N–H and O–H groups in total. The predicted molar refractivity (Wildman–Crippen MR) is 41.0 cm³/mol. The van der Waals surface area contributed by atoms with Crippen molar-refractivity contribution in [2.75, 3.05) is 19.8 Å². The van der Waals surface area contributed by atoms with Crippen molar-refractivity contribution in [2.24, 2.45) is 5.92 Å².